The van der Waals surface area contributed by atoms with Crippen LogP contribution < -0.4 is 5.32 Å². The molecule has 0 rings (SSSR count). The van der Waals surface area contributed by atoms with E-state index in [-0.39, 0.29) is 12.5 Å². The van der Waals surface area contributed by atoms with Crippen LogP contribution in [0.3, 0.4) is 0 Å². The Morgan fingerprint density at radius 1 is 0.382 bits per heavy atom. The average molecular weight is 780 g/mol. The summed E-state index contributed by atoms with van der Waals surface area (Å²) in [5, 5.41) is 33.4. The summed E-state index contributed by atoms with van der Waals surface area (Å²) in [6, 6.07) is -0.801. The molecule has 0 aromatic heterocycles. The highest BCUT2D eigenvalue weighted by atomic mass is 16.3. The molecule has 0 aliphatic carbocycles. The van der Waals surface area contributed by atoms with Crippen LogP contribution in [0.2, 0.25) is 0 Å². The lowest BCUT2D eigenvalue weighted by atomic mass is 9.99. The second-order valence-corrected chi connectivity index (χ2v) is 17.7. The molecule has 3 atom stereocenters. The van der Waals surface area contributed by atoms with Crippen LogP contribution in [0.5, 0.6) is 0 Å². The first-order chi connectivity index (χ1) is 27.1. The van der Waals surface area contributed by atoms with Crippen LogP contribution in [-0.4, -0.2) is 46.1 Å². The minimum Gasteiger partial charge on any atom is -0.394 e. The van der Waals surface area contributed by atoms with Crippen LogP contribution in [-0.2, 0) is 4.79 Å². The highest BCUT2D eigenvalue weighted by Crippen LogP contribution is 2.18. The molecule has 0 saturated heterocycles. The van der Waals surface area contributed by atoms with Crippen LogP contribution in [0.15, 0.2) is 0 Å². The van der Waals surface area contributed by atoms with Gasteiger partial charge in [0.1, 0.15) is 6.10 Å². The van der Waals surface area contributed by atoms with Gasteiger partial charge in [0.25, 0.3) is 0 Å². The van der Waals surface area contributed by atoms with Gasteiger partial charge in [-0.15, -0.1) is 0 Å². The first kappa shape index (κ1) is 54.3. The van der Waals surface area contributed by atoms with E-state index in [0.29, 0.717) is 12.8 Å². The van der Waals surface area contributed by atoms with Crippen molar-refractivity contribution < 1.29 is 20.1 Å². The number of rotatable bonds is 47. The van der Waals surface area contributed by atoms with Crippen molar-refractivity contribution in [2.24, 2.45) is 0 Å². The Morgan fingerprint density at radius 3 is 0.873 bits per heavy atom. The molecule has 5 nitrogen and oxygen atoms in total. The minimum absolute atomic E-state index is 0.141. The molecule has 330 valence electrons. The van der Waals surface area contributed by atoms with Crippen molar-refractivity contribution in [3.63, 3.8) is 0 Å². The zero-order chi connectivity index (χ0) is 40.1. The van der Waals surface area contributed by atoms with E-state index in [1.54, 1.807) is 0 Å². The molecule has 4 N–H and O–H groups in total. The molecule has 0 aliphatic heterocycles. The number of unbranched alkanes of at least 4 members (excludes halogenated alkanes) is 39. The van der Waals surface area contributed by atoms with Gasteiger partial charge in [0.05, 0.1) is 18.8 Å². The summed E-state index contributed by atoms with van der Waals surface area (Å²) in [7, 11) is 0. The summed E-state index contributed by atoms with van der Waals surface area (Å²) in [6.07, 6.45) is 54.2. The number of nitrogens with one attached hydrogen (secondary N) is 1. The highest BCUT2D eigenvalue weighted by Gasteiger charge is 2.26. The van der Waals surface area contributed by atoms with Gasteiger partial charge < -0.3 is 20.6 Å². The van der Waals surface area contributed by atoms with E-state index in [2.05, 4.69) is 19.2 Å². The van der Waals surface area contributed by atoms with E-state index >= 15 is 0 Å². The Kier molecular flexibility index (Phi) is 45.5. The molecular weight excluding hydrogens is 679 g/mol. The Balaban J connectivity index is 3.37. The number of aliphatic hydroxyl groups is 3. The van der Waals surface area contributed by atoms with Crippen molar-refractivity contribution in [3.8, 4) is 0 Å². The largest absolute Gasteiger partial charge is 0.394 e. The molecule has 0 fully saturated rings. The topological polar surface area (TPSA) is 89.8 Å². The molecule has 0 spiro atoms. The number of carbonyl (C=O) groups excluding carboxylic acids is 1. The van der Waals surface area contributed by atoms with Gasteiger partial charge >= 0.3 is 0 Å². The standard InChI is InChI=1S/C50H101NO4/c1-3-5-7-9-11-13-14-15-16-17-18-19-20-21-22-23-24-25-26-27-28-29-30-31-32-33-34-35-36-37-39-41-43-45-49(54)51-47(46-52)50(55)48(53)44-42-40-38-12-10-8-6-4-2/h47-48,50,52-53,55H,3-46H2,1-2H3,(H,51,54)/t47-,48+,50-/m0/s1. The van der Waals surface area contributed by atoms with Gasteiger partial charge in [-0.1, -0.05) is 271 Å². The summed E-state index contributed by atoms with van der Waals surface area (Å²) in [4.78, 5) is 12.4. The first-order valence-corrected chi connectivity index (χ1v) is 25.3. The Labute approximate surface area is 345 Å². The summed E-state index contributed by atoms with van der Waals surface area (Å²) in [5.74, 6) is -0.141. The van der Waals surface area contributed by atoms with Crippen LogP contribution in [0.1, 0.15) is 290 Å². The predicted octanol–water partition coefficient (Wildman–Crippen LogP) is 15.0. The fraction of sp³-hybridized carbons (Fsp3) is 0.980. The van der Waals surface area contributed by atoms with Crippen LogP contribution in [0.4, 0.5) is 0 Å². The molecule has 0 aliphatic rings. The SMILES string of the molecule is CCCCCCCCCCCCCCCCCCCCCCCCCCCCCCCCCCCC(=O)N[C@@H](CO)[C@H](O)[C@H](O)CCCCCCCCCC. The summed E-state index contributed by atoms with van der Waals surface area (Å²) >= 11 is 0. The van der Waals surface area contributed by atoms with Crippen molar-refractivity contribution in [2.45, 2.75) is 308 Å². The van der Waals surface area contributed by atoms with Gasteiger partial charge in [0.15, 0.2) is 0 Å². The van der Waals surface area contributed by atoms with E-state index in [9.17, 15) is 20.1 Å². The molecule has 0 aromatic rings. The number of hydrogen-bond acceptors (Lipinski definition) is 4. The van der Waals surface area contributed by atoms with Crippen LogP contribution >= 0.6 is 0 Å². The smallest absolute Gasteiger partial charge is 0.220 e. The predicted molar refractivity (Wildman–Crippen MR) is 241 cm³/mol. The van der Waals surface area contributed by atoms with Gasteiger partial charge in [-0.3, -0.25) is 4.79 Å². The quantitative estimate of drug-likeness (QED) is 0.0463. The first-order valence-electron chi connectivity index (χ1n) is 25.3. The maximum absolute atomic E-state index is 12.4. The summed E-state index contributed by atoms with van der Waals surface area (Å²) in [6.45, 7) is 4.16. The Morgan fingerprint density at radius 2 is 0.618 bits per heavy atom. The zero-order valence-electron chi connectivity index (χ0n) is 37.6. The number of amides is 1. The second-order valence-electron chi connectivity index (χ2n) is 17.7. The van der Waals surface area contributed by atoms with Crippen LogP contribution in [0.25, 0.3) is 0 Å². The maximum atomic E-state index is 12.4. The van der Waals surface area contributed by atoms with Gasteiger partial charge in [-0.05, 0) is 12.8 Å². The van der Waals surface area contributed by atoms with Gasteiger partial charge in [0, 0.05) is 6.42 Å². The van der Waals surface area contributed by atoms with Crippen LogP contribution in [0, 0.1) is 0 Å². The van der Waals surface area contributed by atoms with Gasteiger partial charge in [-0.25, -0.2) is 0 Å². The molecule has 0 bridgehead atoms. The Hall–Kier alpha value is -0.650. The molecule has 0 unspecified atom stereocenters. The number of carbonyl (C=O) groups is 1. The minimum atomic E-state index is -1.13. The molecule has 0 heterocycles. The molecule has 0 saturated carbocycles. The molecular formula is C50H101NO4. The Bertz CT molecular complexity index is 733. The summed E-state index contributed by atoms with van der Waals surface area (Å²) in [5.41, 5.74) is 0. The zero-order valence-corrected chi connectivity index (χ0v) is 37.6. The van der Waals surface area contributed by atoms with Gasteiger partial charge in [-0.2, -0.15) is 0 Å². The van der Waals surface area contributed by atoms with E-state index in [0.717, 1.165) is 38.5 Å². The maximum Gasteiger partial charge on any atom is 0.220 e. The van der Waals surface area contributed by atoms with E-state index in [1.165, 1.54) is 225 Å². The lowest BCUT2D eigenvalue weighted by Gasteiger charge is -2.26. The van der Waals surface area contributed by atoms with E-state index < -0.39 is 18.2 Å². The van der Waals surface area contributed by atoms with E-state index in [1.807, 2.05) is 0 Å². The van der Waals surface area contributed by atoms with Crippen molar-refractivity contribution in [1.29, 1.82) is 0 Å². The third kappa shape index (κ3) is 41.3. The highest BCUT2D eigenvalue weighted by molar-refractivity contribution is 5.76. The van der Waals surface area contributed by atoms with Crippen molar-refractivity contribution in [3.05, 3.63) is 0 Å². The number of hydrogen-bond donors (Lipinski definition) is 4. The van der Waals surface area contributed by atoms with Crippen molar-refractivity contribution in [1.82, 2.24) is 5.32 Å². The second kappa shape index (κ2) is 46.0. The lowest BCUT2D eigenvalue weighted by Crippen LogP contribution is -2.50. The molecule has 5 heteroatoms. The average Bonchev–Trinajstić information content (AvgIpc) is 3.19. The third-order valence-electron chi connectivity index (χ3n) is 12.2. The fourth-order valence-electron chi connectivity index (χ4n) is 8.28. The fourth-order valence-corrected chi connectivity index (χ4v) is 8.28. The van der Waals surface area contributed by atoms with Crippen molar-refractivity contribution >= 4 is 5.91 Å². The van der Waals surface area contributed by atoms with E-state index in [4.69, 9.17) is 0 Å². The normalized spacial score (nSPS) is 13.3. The lowest BCUT2D eigenvalue weighted by molar-refractivity contribution is -0.124. The van der Waals surface area contributed by atoms with Gasteiger partial charge in [0.2, 0.25) is 5.91 Å². The molecule has 0 aromatic carbocycles. The third-order valence-corrected chi connectivity index (χ3v) is 12.2. The molecule has 55 heavy (non-hydrogen) atoms. The number of aliphatic hydroxyl groups excluding tert-OH is 3. The monoisotopic (exact) mass is 780 g/mol. The van der Waals surface area contributed by atoms with Crippen molar-refractivity contribution in [2.75, 3.05) is 6.61 Å². The molecule has 1 amide bonds. The summed E-state index contributed by atoms with van der Waals surface area (Å²) < 4.78 is 0. The molecule has 0 radical (unpaired) electrons.